The predicted octanol–water partition coefficient (Wildman–Crippen LogP) is 3.95. The van der Waals surface area contributed by atoms with Gasteiger partial charge < -0.3 is 4.74 Å². The molecule has 3 rings (SSSR count). The maximum absolute atomic E-state index is 12.9. The number of sulfonamides is 1. The molecule has 0 aliphatic carbocycles. The topological polar surface area (TPSA) is 59.5 Å². The van der Waals surface area contributed by atoms with Gasteiger partial charge in [0.05, 0.1) is 10.5 Å². The van der Waals surface area contributed by atoms with Crippen molar-refractivity contribution < 1.29 is 26.3 Å². The van der Waals surface area contributed by atoms with Gasteiger partial charge in [0.2, 0.25) is 15.9 Å². The highest BCUT2D eigenvalue weighted by atomic mass is 32.2. The summed E-state index contributed by atoms with van der Waals surface area (Å²) in [6.45, 7) is 4.23. The quantitative estimate of drug-likeness (QED) is 0.760. The second kappa shape index (κ2) is 7.71. The lowest BCUT2D eigenvalue weighted by atomic mass is 10.1. The lowest BCUT2D eigenvalue weighted by molar-refractivity contribution is -0.137. The van der Waals surface area contributed by atoms with E-state index in [-0.39, 0.29) is 25.1 Å². The number of aromatic nitrogens is 1. The van der Waals surface area contributed by atoms with Crippen LogP contribution in [0.3, 0.4) is 0 Å². The van der Waals surface area contributed by atoms with Gasteiger partial charge in [-0.05, 0) is 44.4 Å². The van der Waals surface area contributed by atoms with Gasteiger partial charge >= 0.3 is 6.18 Å². The molecule has 0 amide bonds. The van der Waals surface area contributed by atoms with Crippen LogP contribution in [-0.4, -0.2) is 36.9 Å². The first kappa shape index (κ1) is 20.6. The number of halogens is 3. The number of ether oxygens (including phenoxy) is 1. The van der Waals surface area contributed by atoms with Crippen molar-refractivity contribution in [3.8, 4) is 5.88 Å². The van der Waals surface area contributed by atoms with Crippen molar-refractivity contribution in [3.63, 3.8) is 0 Å². The Balaban J connectivity index is 1.62. The number of nitrogens with zero attached hydrogens (tertiary/aromatic N) is 2. The normalized spacial score (nSPS) is 16.9. The first-order valence-corrected chi connectivity index (χ1v) is 10.3. The number of pyridine rings is 1. The van der Waals surface area contributed by atoms with Gasteiger partial charge in [-0.2, -0.15) is 17.5 Å². The third kappa shape index (κ3) is 4.47. The summed E-state index contributed by atoms with van der Waals surface area (Å²) in [5, 5.41) is 0. The summed E-state index contributed by atoms with van der Waals surface area (Å²) < 4.78 is 70.6. The van der Waals surface area contributed by atoms with Crippen LogP contribution < -0.4 is 4.74 Å². The largest absolute Gasteiger partial charge is 0.474 e. The van der Waals surface area contributed by atoms with Gasteiger partial charge in [0.25, 0.3) is 0 Å². The molecule has 28 heavy (non-hydrogen) atoms. The molecule has 1 aliphatic rings. The molecular weight excluding hydrogens is 393 g/mol. The standard InChI is InChI=1S/C19H21F3N2O3S/c1-13-3-5-17(14(2)11-13)28(25,26)24-9-7-16(8-10-24)27-18-6-4-15(12-23-18)19(20,21)22/h3-6,11-12,16H,7-10H2,1-2H3. The smallest absolute Gasteiger partial charge is 0.417 e. The van der Waals surface area contributed by atoms with Crippen molar-refractivity contribution in [3.05, 3.63) is 53.2 Å². The average molecular weight is 414 g/mol. The van der Waals surface area contributed by atoms with Gasteiger partial charge in [0, 0.05) is 25.4 Å². The number of piperidine rings is 1. The molecule has 0 N–H and O–H groups in total. The fourth-order valence-corrected chi connectivity index (χ4v) is 4.88. The highest BCUT2D eigenvalue weighted by Crippen LogP contribution is 2.30. The fourth-order valence-electron chi connectivity index (χ4n) is 3.21. The molecule has 0 bridgehead atoms. The lowest BCUT2D eigenvalue weighted by Gasteiger charge is -2.31. The predicted molar refractivity (Wildman–Crippen MR) is 97.6 cm³/mol. The summed E-state index contributed by atoms with van der Waals surface area (Å²) in [6, 6.07) is 7.32. The zero-order chi connectivity index (χ0) is 20.5. The van der Waals surface area contributed by atoms with E-state index in [0.717, 1.165) is 17.8 Å². The minimum atomic E-state index is -4.45. The first-order valence-electron chi connectivity index (χ1n) is 8.84. The van der Waals surface area contributed by atoms with E-state index in [2.05, 4.69) is 4.98 Å². The number of hydrogen-bond donors (Lipinski definition) is 0. The van der Waals surface area contributed by atoms with Crippen molar-refractivity contribution in [1.29, 1.82) is 0 Å². The van der Waals surface area contributed by atoms with E-state index in [9.17, 15) is 21.6 Å². The van der Waals surface area contributed by atoms with E-state index in [0.29, 0.717) is 23.3 Å². The molecule has 0 atom stereocenters. The number of rotatable bonds is 4. The van der Waals surface area contributed by atoms with Crippen LogP contribution in [0.25, 0.3) is 0 Å². The summed E-state index contributed by atoms with van der Waals surface area (Å²) in [5.41, 5.74) is 0.856. The Morgan fingerprint density at radius 1 is 1.11 bits per heavy atom. The average Bonchev–Trinajstić information content (AvgIpc) is 2.61. The number of alkyl halides is 3. The third-order valence-corrected chi connectivity index (χ3v) is 6.76. The molecule has 1 aliphatic heterocycles. The molecule has 1 saturated heterocycles. The molecule has 9 heteroatoms. The Hall–Kier alpha value is -2.13. The Morgan fingerprint density at radius 3 is 2.32 bits per heavy atom. The SMILES string of the molecule is Cc1ccc(S(=O)(=O)N2CCC(Oc3ccc(C(F)(F)F)cn3)CC2)c(C)c1. The summed E-state index contributed by atoms with van der Waals surface area (Å²) in [7, 11) is -3.59. The van der Waals surface area contributed by atoms with Crippen LogP contribution >= 0.6 is 0 Å². The number of benzene rings is 1. The second-order valence-electron chi connectivity index (χ2n) is 6.87. The van der Waals surface area contributed by atoms with Crippen LogP contribution in [-0.2, 0) is 16.2 Å². The fraction of sp³-hybridized carbons (Fsp3) is 0.421. The summed E-state index contributed by atoms with van der Waals surface area (Å²) in [4.78, 5) is 3.99. The van der Waals surface area contributed by atoms with Gasteiger partial charge in [-0.25, -0.2) is 13.4 Å². The van der Waals surface area contributed by atoms with Crippen molar-refractivity contribution in [2.24, 2.45) is 0 Å². The molecule has 0 spiro atoms. The van der Waals surface area contributed by atoms with E-state index in [4.69, 9.17) is 4.74 Å². The highest BCUT2D eigenvalue weighted by molar-refractivity contribution is 7.89. The van der Waals surface area contributed by atoms with Crippen LogP contribution in [0.1, 0.15) is 29.5 Å². The second-order valence-corrected chi connectivity index (χ2v) is 8.78. The van der Waals surface area contributed by atoms with E-state index >= 15 is 0 Å². The van der Waals surface area contributed by atoms with E-state index in [1.807, 2.05) is 13.0 Å². The van der Waals surface area contributed by atoms with E-state index < -0.39 is 21.8 Å². The van der Waals surface area contributed by atoms with E-state index in [1.165, 1.54) is 10.4 Å². The Labute approximate surface area is 162 Å². The minimum absolute atomic E-state index is 0.101. The van der Waals surface area contributed by atoms with E-state index in [1.54, 1.807) is 19.1 Å². The molecule has 0 radical (unpaired) electrons. The summed E-state index contributed by atoms with van der Waals surface area (Å²) in [5.74, 6) is 0.101. The Morgan fingerprint density at radius 2 is 1.79 bits per heavy atom. The molecule has 2 aromatic rings. The summed E-state index contributed by atoms with van der Waals surface area (Å²) in [6.07, 6.45) is -3.14. The maximum atomic E-state index is 12.9. The lowest BCUT2D eigenvalue weighted by Crippen LogP contribution is -2.42. The van der Waals surface area contributed by atoms with Crippen LogP contribution in [0.4, 0.5) is 13.2 Å². The third-order valence-electron chi connectivity index (χ3n) is 4.70. The van der Waals surface area contributed by atoms with Gasteiger partial charge in [-0.15, -0.1) is 0 Å². The van der Waals surface area contributed by atoms with Crippen molar-refractivity contribution in [1.82, 2.24) is 9.29 Å². The van der Waals surface area contributed by atoms with Gasteiger partial charge in [0.1, 0.15) is 6.10 Å². The molecule has 2 heterocycles. The van der Waals surface area contributed by atoms with Crippen LogP contribution in [0.5, 0.6) is 5.88 Å². The van der Waals surface area contributed by atoms with Crippen LogP contribution in [0, 0.1) is 13.8 Å². The number of hydrogen-bond acceptors (Lipinski definition) is 4. The monoisotopic (exact) mass is 414 g/mol. The maximum Gasteiger partial charge on any atom is 0.417 e. The molecule has 0 saturated carbocycles. The van der Waals surface area contributed by atoms with Crippen molar-refractivity contribution >= 4 is 10.0 Å². The molecule has 1 aromatic heterocycles. The zero-order valence-corrected chi connectivity index (χ0v) is 16.3. The Kier molecular flexibility index (Phi) is 5.67. The van der Waals surface area contributed by atoms with Gasteiger partial charge in [-0.1, -0.05) is 17.7 Å². The Bertz CT molecular complexity index is 936. The molecule has 0 unspecified atom stereocenters. The van der Waals surface area contributed by atoms with Crippen LogP contribution in [0.15, 0.2) is 41.4 Å². The molecule has 1 aromatic carbocycles. The highest BCUT2D eigenvalue weighted by Gasteiger charge is 2.32. The van der Waals surface area contributed by atoms with Crippen molar-refractivity contribution in [2.75, 3.05) is 13.1 Å². The molecular formula is C19H21F3N2O3S. The van der Waals surface area contributed by atoms with Gasteiger partial charge in [0.15, 0.2) is 0 Å². The molecule has 5 nitrogen and oxygen atoms in total. The first-order chi connectivity index (χ1) is 13.1. The zero-order valence-electron chi connectivity index (χ0n) is 15.5. The molecule has 1 fully saturated rings. The van der Waals surface area contributed by atoms with Gasteiger partial charge in [-0.3, -0.25) is 0 Å². The van der Waals surface area contributed by atoms with Crippen molar-refractivity contribution in [2.45, 2.75) is 43.9 Å². The number of aryl methyl sites for hydroxylation is 2. The summed E-state index contributed by atoms with van der Waals surface area (Å²) >= 11 is 0. The molecule has 152 valence electrons. The van der Waals surface area contributed by atoms with Crippen LogP contribution in [0.2, 0.25) is 0 Å². The minimum Gasteiger partial charge on any atom is -0.474 e.